The first-order valence-electron chi connectivity index (χ1n) is 8.90. The Hall–Kier alpha value is -2.87. The Morgan fingerprint density at radius 3 is 1.96 bits per heavy atom. The zero-order valence-electron chi connectivity index (χ0n) is 16.1. The number of rotatable bonds is 2. The third-order valence-electron chi connectivity index (χ3n) is 4.82. The molecule has 137 valence electrons. The molecule has 4 heteroatoms. The van der Waals surface area contributed by atoms with Crippen LogP contribution in [-0.2, 0) is 5.21 Å². The summed E-state index contributed by atoms with van der Waals surface area (Å²) in [5, 5.41) is 25.8. The van der Waals surface area contributed by atoms with Gasteiger partial charge < -0.3 is 5.21 Å². The number of nitrogens with zero attached hydrogens (tertiary/aromatic N) is 2. The summed E-state index contributed by atoms with van der Waals surface area (Å²) in [6.45, 7) is 6.80. The Bertz CT molecular complexity index is 943. The van der Waals surface area contributed by atoms with Gasteiger partial charge in [-0.05, 0) is 49.8 Å². The number of hydrogen-bond donors (Lipinski definition) is 0. The fourth-order valence-corrected chi connectivity index (χ4v) is 3.20. The van der Waals surface area contributed by atoms with E-state index in [0.717, 1.165) is 26.5 Å². The minimum atomic E-state index is -1.11. The Balaban J connectivity index is 1.79. The molecule has 0 aliphatic carbocycles. The Kier molecular flexibility index (Phi) is 4.93. The quantitative estimate of drug-likeness (QED) is 0.458. The molecule has 0 fully saturated rings. The molecule has 0 unspecified atom stereocenters. The van der Waals surface area contributed by atoms with Crippen LogP contribution >= 0.6 is 0 Å². The van der Waals surface area contributed by atoms with Crippen LogP contribution in [0.1, 0.15) is 44.4 Å². The van der Waals surface area contributed by atoms with E-state index in [2.05, 4.69) is 11.8 Å². The molecule has 0 N–H and O–H groups in total. The molecular weight excluding hydrogens is 336 g/mol. The Morgan fingerprint density at radius 2 is 1.44 bits per heavy atom. The van der Waals surface area contributed by atoms with Crippen molar-refractivity contribution in [3.63, 3.8) is 0 Å². The first-order chi connectivity index (χ1) is 12.7. The van der Waals surface area contributed by atoms with E-state index in [1.807, 2.05) is 60.7 Å². The zero-order chi connectivity index (χ0) is 19.7. The molecule has 1 heterocycles. The first kappa shape index (κ1) is 18.9. The van der Waals surface area contributed by atoms with Crippen molar-refractivity contribution in [1.29, 1.82) is 0 Å². The maximum atomic E-state index is 12.5. The van der Waals surface area contributed by atoms with E-state index in [-0.39, 0.29) is 0 Å². The van der Waals surface area contributed by atoms with E-state index in [0.29, 0.717) is 5.71 Å². The predicted octanol–water partition coefficient (Wildman–Crippen LogP) is 4.23. The van der Waals surface area contributed by atoms with Crippen LogP contribution in [0.15, 0.2) is 60.7 Å². The van der Waals surface area contributed by atoms with Gasteiger partial charge in [-0.25, -0.2) is 0 Å². The van der Waals surface area contributed by atoms with E-state index in [4.69, 9.17) is 0 Å². The minimum Gasteiger partial charge on any atom is -0.622 e. The molecule has 0 bridgehead atoms. The molecule has 27 heavy (non-hydrogen) atoms. The second-order valence-corrected chi connectivity index (χ2v) is 7.60. The van der Waals surface area contributed by atoms with Gasteiger partial charge >= 0.3 is 0 Å². The molecule has 0 saturated carbocycles. The third-order valence-corrected chi connectivity index (χ3v) is 4.82. The lowest BCUT2D eigenvalue weighted by atomic mass is 9.97. The summed E-state index contributed by atoms with van der Waals surface area (Å²) in [6, 6.07) is 17.6. The molecule has 1 aliphatic heterocycles. The first-order valence-corrected chi connectivity index (χ1v) is 8.90. The second kappa shape index (κ2) is 7.03. The highest BCUT2D eigenvalue weighted by atomic mass is 16.6. The van der Waals surface area contributed by atoms with Crippen LogP contribution in [0.2, 0.25) is 0 Å². The van der Waals surface area contributed by atoms with Gasteiger partial charge in [-0.1, -0.05) is 47.2 Å². The van der Waals surface area contributed by atoms with Crippen LogP contribution in [0.5, 0.6) is 0 Å². The van der Waals surface area contributed by atoms with Crippen LogP contribution in [0.25, 0.3) is 6.08 Å². The second-order valence-electron chi connectivity index (χ2n) is 7.60. The molecule has 2 aromatic rings. The zero-order valence-corrected chi connectivity index (χ0v) is 16.1. The van der Waals surface area contributed by atoms with Crippen LogP contribution < -0.4 is 0 Å². The molecule has 0 spiro atoms. The molecule has 1 aliphatic rings. The minimum absolute atomic E-state index is 0.454. The Morgan fingerprint density at radius 1 is 0.889 bits per heavy atom. The summed E-state index contributed by atoms with van der Waals surface area (Å²) in [4.78, 5) is 0. The van der Waals surface area contributed by atoms with Crippen molar-refractivity contribution in [2.75, 3.05) is 0 Å². The molecule has 0 atom stereocenters. The number of hydrogen-bond acceptors (Lipinski definition) is 2. The van der Waals surface area contributed by atoms with E-state index in [9.17, 15) is 10.4 Å². The molecule has 1 radical (unpaired) electrons. The third kappa shape index (κ3) is 3.66. The lowest BCUT2D eigenvalue weighted by molar-refractivity contribution is -0.586. The van der Waals surface area contributed by atoms with Gasteiger partial charge in [0.2, 0.25) is 11.4 Å². The summed E-state index contributed by atoms with van der Waals surface area (Å²) in [5.74, 6) is 6.26. The van der Waals surface area contributed by atoms with Gasteiger partial charge in [-0.15, -0.1) is 5.21 Å². The normalized spacial score (nSPS) is 18.6. The van der Waals surface area contributed by atoms with Gasteiger partial charge in [0.1, 0.15) is 5.54 Å². The van der Waals surface area contributed by atoms with Gasteiger partial charge in [-0.3, -0.25) is 0 Å². The number of benzene rings is 2. The van der Waals surface area contributed by atoms with Crippen molar-refractivity contribution in [2.45, 2.75) is 38.9 Å². The van der Waals surface area contributed by atoms with Gasteiger partial charge in [-0.2, -0.15) is 4.74 Å². The Labute approximate surface area is 160 Å². The summed E-state index contributed by atoms with van der Waals surface area (Å²) in [5.41, 5.74) is 1.31. The van der Waals surface area contributed by atoms with Crippen LogP contribution in [-0.4, -0.2) is 26.7 Å². The fraction of sp³-hybridized carbons (Fsp3) is 0.261. The van der Waals surface area contributed by atoms with Crippen molar-refractivity contribution in [3.8, 4) is 11.8 Å². The molecule has 0 aromatic heterocycles. The van der Waals surface area contributed by atoms with Crippen LogP contribution in [0.4, 0.5) is 0 Å². The summed E-state index contributed by atoms with van der Waals surface area (Å²) in [7, 11) is 0. The SMILES string of the molecule is CC1(C)C(/C=C/c2ccc(C#Cc3ccccc3)cc2)=[N+]([O-])C(C)(C)N1[O]. The molecule has 4 nitrogen and oxygen atoms in total. The molecule has 2 aromatic carbocycles. The van der Waals surface area contributed by atoms with Crippen molar-refractivity contribution in [2.24, 2.45) is 0 Å². The lowest BCUT2D eigenvalue weighted by Gasteiger charge is -2.27. The van der Waals surface area contributed by atoms with Gasteiger partial charge in [0.25, 0.3) is 0 Å². The largest absolute Gasteiger partial charge is 0.622 e. The van der Waals surface area contributed by atoms with E-state index < -0.39 is 11.2 Å². The summed E-state index contributed by atoms with van der Waals surface area (Å²) in [6.07, 6.45) is 3.59. The fourth-order valence-electron chi connectivity index (χ4n) is 3.20. The average molecular weight is 359 g/mol. The highest BCUT2D eigenvalue weighted by Gasteiger charge is 2.56. The molecule has 3 rings (SSSR count). The van der Waals surface area contributed by atoms with Gasteiger partial charge in [0, 0.05) is 31.1 Å². The summed E-state index contributed by atoms with van der Waals surface area (Å²) >= 11 is 0. The monoisotopic (exact) mass is 359 g/mol. The van der Waals surface area contributed by atoms with E-state index in [1.54, 1.807) is 33.8 Å². The number of hydroxylamine groups is 3. The van der Waals surface area contributed by atoms with Crippen molar-refractivity contribution in [1.82, 2.24) is 5.06 Å². The maximum Gasteiger partial charge on any atom is 0.248 e. The van der Waals surface area contributed by atoms with Gasteiger partial charge in [0.15, 0.2) is 0 Å². The molecular formula is C23H23N2O2. The average Bonchev–Trinajstić information content (AvgIpc) is 2.77. The summed E-state index contributed by atoms with van der Waals surface area (Å²) < 4.78 is 0.802. The standard InChI is InChI=1S/C23H23N2O2/c1-22(2)21(24(26)23(3,4)25(22)27)17-16-20-14-12-19(13-15-20)11-10-18-8-6-5-7-9-18/h5-9,12-17H,1-4H3/b17-16+. The van der Waals surface area contributed by atoms with Crippen LogP contribution in [0, 0.1) is 17.0 Å². The smallest absolute Gasteiger partial charge is 0.248 e. The maximum absolute atomic E-state index is 12.5. The van der Waals surface area contributed by atoms with Gasteiger partial charge in [0.05, 0.1) is 0 Å². The molecule has 0 amide bonds. The highest BCUT2D eigenvalue weighted by Crippen LogP contribution is 2.33. The lowest BCUT2D eigenvalue weighted by Crippen LogP contribution is -2.50. The van der Waals surface area contributed by atoms with E-state index >= 15 is 0 Å². The predicted molar refractivity (Wildman–Crippen MR) is 107 cm³/mol. The highest BCUT2D eigenvalue weighted by molar-refractivity contribution is 6.02. The van der Waals surface area contributed by atoms with Crippen molar-refractivity contribution >= 4 is 11.8 Å². The van der Waals surface area contributed by atoms with E-state index in [1.165, 1.54) is 0 Å². The molecule has 0 saturated heterocycles. The van der Waals surface area contributed by atoms with Crippen molar-refractivity contribution < 1.29 is 9.95 Å². The topological polar surface area (TPSA) is 49.2 Å². The van der Waals surface area contributed by atoms with Crippen LogP contribution in [0.3, 0.4) is 0 Å². The van der Waals surface area contributed by atoms with Crippen molar-refractivity contribution in [3.05, 3.63) is 82.6 Å².